The minimum Gasteiger partial charge on any atom is -0.507 e. The van der Waals surface area contributed by atoms with Crippen LogP contribution in [0.4, 0.5) is 0 Å². The van der Waals surface area contributed by atoms with Gasteiger partial charge in [0.25, 0.3) is 0 Å². The number of pyridine rings is 1. The first-order chi connectivity index (χ1) is 27.6. The van der Waals surface area contributed by atoms with Crippen LogP contribution in [0.3, 0.4) is 0 Å². The lowest BCUT2D eigenvalue weighted by atomic mass is 9.84. The molecule has 0 radical (unpaired) electrons. The Hall–Kier alpha value is -6.40. The summed E-state index contributed by atoms with van der Waals surface area (Å²) in [5.74, 6) is 0.735. The van der Waals surface area contributed by atoms with Crippen molar-refractivity contribution in [3.63, 3.8) is 0 Å². The Balaban J connectivity index is 1.43. The fourth-order valence-electron chi connectivity index (χ4n) is 7.48. The summed E-state index contributed by atoms with van der Waals surface area (Å²) in [4.78, 5) is 20.3. The zero-order valence-electron chi connectivity index (χ0n) is 35.0. The van der Waals surface area contributed by atoms with Crippen LogP contribution < -0.4 is 0 Å². The lowest BCUT2D eigenvalue weighted by Gasteiger charge is -2.23. The number of hydrogen-bond acceptors (Lipinski definition) is 5. The Morgan fingerprint density at radius 1 is 0.483 bits per heavy atom. The molecule has 8 aromatic rings. The summed E-state index contributed by atoms with van der Waals surface area (Å²) in [6.07, 6.45) is 3.51. The normalized spacial score (nSPS) is 12.3. The van der Waals surface area contributed by atoms with Gasteiger partial charge in [-0.1, -0.05) is 135 Å². The third-order valence-corrected chi connectivity index (χ3v) is 11.0. The van der Waals surface area contributed by atoms with Gasteiger partial charge < -0.3 is 5.11 Å². The summed E-state index contributed by atoms with van der Waals surface area (Å²) in [6, 6.07) is 44.2. The lowest BCUT2D eigenvalue weighted by Crippen LogP contribution is -2.12. The minimum absolute atomic E-state index is 0.0816. The van der Waals surface area contributed by atoms with Gasteiger partial charge in [0.1, 0.15) is 23.3 Å². The van der Waals surface area contributed by atoms with Crippen LogP contribution in [-0.4, -0.2) is 29.6 Å². The summed E-state index contributed by atoms with van der Waals surface area (Å²) < 4.78 is 2.11. The first-order valence-corrected chi connectivity index (χ1v) is 20.0. The Kier molecular flexibility index (Phi) is 9.63. The molecule has 0 saturated heterocycles. The van der Waals surface area contributed by atoms with Crippen LogP contribution in [0.15, 0.2) is 140 Å². The van der Waals surface area contributed by atoms with Crippen molar-refractivity contribution in [1.29, 1.82) is 0 Å². The number of phenols is 1. The van der Waals surface area contributed by atoms with E-state index in [4.69, 9.17) is 19.9 Å². The molecule has 0 bridgehead atoms. The summed E-state index contributed by atoms with van der Waals surface area (Å²) in [7, 11) is 0. The predicted octanol–water partition coefficient (Wildman–Crippen LogP) is 13.1. The number of benzene rings is 5. The summed E-state index contributed by atoms with van der Waals surface area (Å²) in [5, 5.41) is 11.7. The van der Waals surface area contributed by atoms with Crippen molar-refractivity contribution in [2.45, 2.75) is 78.6 Å². The summed E-state index contributed by atoms with van der Waals surface area (Å²) >= 11 is 0. The molecule has 5 aromatic carbocycles. The molecule has 0 saturated carbocycles. The van der Waals surface area contributed by atoms with Crippen LogP contribution in [-0.2, 0) is 16.2 Å². The lowest BCUT2D eigenvalue weighted by molar-refractivity contribution is 0.475. The smallest absolute Gasteiger partial charge is 0.168 e. The number of nitrogens with zero attached hydrogens (tertiary/aromatic N) is 5. The second-order valence-corrected chi connectivity index (χ2v) is 18.3. The van der Waals surface area contributed by atoms with E-state index in [1.54, 1.807) is 12.4 Å². The van der Waals surface area contributed by atoms with Gasteiger partial charge in [0.2, 0.25) is 0 Å². The largest absolute Gasteiger partial charge is 0.507 e. The second-order valence-electron chi connectivity index (χ2n) is 18.3. The molecule has 0 atom stereocenters. The first-order valence-electron chi connectivity index (χ1n) is 20.0. The van der Waals surface area contributed by atoms with E-state index in [1.165, 1.54) is 5.56 Å². The van der Waals surface area contributed by atoms with Gasteiger partial charge >= 0.3 is 0 Å². The van der Waals surface area contributed by atoms with Crippen molar-refractivity contribution in [3.05, 3.63) is 157 Å². The van der Waals surface area contributed by atoms with Gasteiger partial charge in [-0.05, 0) is 104 Å². The predicted molar refractivity (Wildman–Crippen MR) is 239 cm³/mol. The number of rotatable bonds is 6. The molecule has 1 N–H and O–H groups in total. The highest BCUT2D eigenvalue weighted by atomic mass is 16.3. The molecule has 290 valence electrons. The van der Waals surface area contributed by atoms with E-state index in [-0.39, 0.29) is 22.0 Å². The average Bonchev–Trinajstić information content (AvgIpc) is 3.59. The molecule has 0 aliphatic rings. The molecule has 0 spiro atoms. The van der Waals surface area contributed by atoms with E-state index >= 15 is 0 Å². The van der Waals surface area contributed by atoms with Gasteiger partial charge in [-0.2, -0.15) is 0 Å². The Bertz CT molecular complexity index is 2780. The topological polar surface area (TPSA) is 76.7 Å². The first kappa shape index (κ1) is 38.5. The van der Waals surface area contributed by atoms with E-state index in [0.29, 0.717) is 28.2 Å². The highest BCUT2D eigenvalue weighted by molar-refractivity contribution is 5.94. The Morgan fingerprint density at radius 3 is 1.74 bits per heavy atom. The average molecular weight is 762 g/mol. The number of imidazole rings is 1. The number of hydrogen-bond donors (Lipinski definition) is 1. The van der Waals surface area contributed by atoms with Gasteiger partial charge in [0.15, 0.2) is 11.5 Å². The van der Waals surface area contributed by atoms with E-state index < -0.39 is 0 Å². The maximum atomic E-state index is 11.7. The quantitative estimate of drug-likeness (QED) is 0.183. The van der Waals surface area contributed by atoms with Crippen molar-refractivity contribution >= 4 is 11.2 Å². The van der Waals surface area contributed by atoms with Gasteiger partial charge in [-0.3, -0.25) is 9.55 Å². The maximum Gasteiger partial charge on any atom is 0.168 e. The number of fused-ring (bicyclic) bond motifs is 1. The van der Waals surface area contributed by atoms with Crippen LogP contribution in [0.1, 0.15) is 79.0 Å². The van der Waals surface area contributed by atoms with Crippen LogP contribution in [0.25, 0.3) is 73.0 Å². The number of aromatic nitrogens is 5. The Labute approximate surface area is 342 Å². The zero-order chi connectivity index (χ0) is 41.0. The molecule has 0 aliphatic heterocycles. The minimum atomic E-state index is -0.170. The van der Waals surface area contributed by atoms with Crippen LogP contribution in [0.2, 0.25) is 0 Å². The fraction of sp³-hybridized carbons (Fsp3) is 0.231. The monoisotopic (exact) mass is 761 g/mol. The van der Waals surface area contributed by atoms with Crippen molar-refractivity contribution in [2.24, 2.45) is 0 Å². The molecule has 0 unspecified atom stereocenters. The molecule has 6 nitrogen and oxygen atoms in total. The fourth-order valence-corrected chi connectivity index (χ4v) is 7.48. The van der Waals surface area contributed by atoms with E-state index in [2.05, 4.69) is 170 Å². The zero-order valence-corrected chi connectivity index (χ0v) is 35.0. The van der Waals surface area contributed by atoms with Gasteiger partial charge in [0.05, 0.1) is 16.9 Å². The van der Waals surface area contributed by atoms with Gasteiger partial charge in [-0.25, -0.2) is 15.0 Å². The van der Waals surface area contributed by atoms with E-state index in [9.17, 15) is 5.11 Å². The molecule has 3 heterocycles. The molecular formula is C52H51N5O. The van der Waals surface area contributed by atoms with Gasteiger partial charge in [-0.15, -0.1) is 0 Å². The summed E-state index contributed by atoms with van der Waals surface area (Å²) in [6.45, 7) is 19.9. The van der Waals surface area contributed by atoms with Crippen molar-refractivity contribution in [1.82, 2.24) is 24.5 Å². The molecule has 8 rings (SSSR count). The van der Waals surface area contributed by atoms with Crippen molar-refractivity contribution in [2.75, 3.05) is 0 Å². The van der Waals surface area contributed by atoms with Crippen LogP contribution in [0.5, 0.6) is 5.75 Å². The molecule has 0 fully saturated rings. The molecule has 3 aromatic heterocycles. The highest BCUT2D eigenvalue weighted by Crippen LogP contribution is 2.42. The molecule has 0 amide bonds. The summed E-state index contributed by atoms with van der Waals surface area (Å²) in [5.41, 5.74) is 13.7. The van der Waals surface area contributed by atoms with Crippen LogP contribution in [0, 0.1) is 0 Å². The standard InChI is InChI=1S/C52H51N5O/c1-50(2,3)38-20-22-44(41(30-38)34-18-14-11-15-19-34)57-48(42-31-39(51(4,5)6)21-23-45(42)58)56-47-46(54-32-55-49(47)57)37-26-36(27-40(28-37)52(7,8)9)43-29-35(24-25-53-43)33-16-12-10-13-17-33/h10-32,58H,1-9H3. The van der Waals surface area contributed by atoms with Crippen molar-refractivity contribution < 1.29 is 5.11 Å². The van der Waals surface area contributed by atoms with Gasteiger partial charge in [0, 0.05) is 22.9 Å². The second kappa shape index (κ2) is 14.5. The van der Waals surface area contributed by atoms with E-state index in [1.807, 2.05) is 24.4 Å². The Morgan fingerprint density at radius 2 is 1.09 bits per heavy atom. The molecule has 0 aliphatic carbocycles. The number of phenolic OH excluding ortho intramolecular Hbond substituents is 1. The third kappa shape index (κ3) is 7.43. The SMILES string of the molecule is CC(C)(C)c1cc(-c2cc(-c3ccccc3)ccn2)cc(-c2ncnc3c2nc(-c2cc(C(C)(C)C)ccc2O)n3-c2ccc(C(C)(C)C)cc2-c2ccccc2)c1. The third-order valence-electron chi connectivity index (χ3n) is 11.0. The molecule has 58 heavy (non-hydrogen) atoms. The molecule has 6 heteroatoms. The highest BCUT2D eigenvalue weighted by Gasteiger charge is 2.27. The van der Waals surface area contributed by atoms with Crippen molar-refractivity contribution in [3.8, 4) is 67.6 Å². The molecular weight excluding hydrogens is 711 g/mol. The maximum absolute atomic E-state index is 11.7. The number of aromatic hydroxyl groups is 1. The van der Waals surface area contributed by atoms with Crippen LogP contribution >= 0.6 is 0 Å². The van der Waals surface area contributed by atoms with E-state index in [0.717, 1.165) is 55.9 Å².